The highest BCUT2D eigenvalue weighted by molar-refractivity contribution is 5.96. The van der Waals surface area contributed by atoms with Crippen molar-refractivity contribution in [1.29, 1.82) is 0 Å². The molecule has 6 heteroatoms. The van der Waals surface area contributed by atoms with Gasteiger partial charge in [0.2, 0.25) is 0 Å². The smallest absolute Gasteiger partial charge is 0.340 e. The van der Waals surface area contributed by atoms with Crippen LogP contribution in [0, 0.1) is 0 Å². The number of ether oxygens (including phenoxy) is 2. The van der Waals surface area contributed by atoms with Gasteiger partial charge in [-0.15, -0.1) is 0 Å². The Balaban J connectivity index is 2.42. The molecular weight excluding hydrogens is 248 g/mol. The van der Waals surface area contributed by atoms with E-state index in [0.717, 1.165) is 0 Å². The molecule has 1 unspecified atom stereocenters. The van der Waals surface area contributed by atoms with Gasteiger partial charge in [-0.1, -0.05) is 12.1 Å². The first-order chi connectivity index (χ1) is 9.04. The Morgan fingerprint density at radius 1 is 1.37 bits per heavy atom. The van der Waals surface area contributed by atoms with Crippen molar-refractivity contribution < 1.29 is 19.1 Å². The number of esters is 1. The zero-order valence-electron chi connectivity index (χ0n) is 11.0. The molecule has 1 rings (SSSR count). The van der Waals surface area contributed by atoms with Crippen LogP contribution in [-0.2, 0) is 14.3 Å². The van der Waals surface area contributed by atoms with Gasteiger partial charge in [0.15, 0.2) is 6.61 Å². The zero-order valence-corrected chi connectivity index (χ0v) is 11.0. The first-order valence-corrected chi connectivity index (χ1v) is 5.84. The van der Waals surface area contributed by atoms with Crippen LogP contribution in [-0.4, -0.2) is 38.2 Å². The number of hydrogen-bond acceptors (Lipinski definition) is 5. The van der Waals surface area contributed by atoms with Crippen LogP contribution in [0.15, 0.2) is 24.3 Å². The molecule has 0 aromatic heterocycles. The lowest BCUT2D eigenvalue weighted by Gasteiger charge is -2.13. The van der Waals surface area contributed by atoms with Crippen molar-refractivity contribution in [2.45, 2.75) is 13.0 Å². The fraction of sp³-hybridized carbons (Fsp3) is 0.385. The van der Waals surface area contributed by atoms with Crippen LogP contribution in [0.3, 0.4) is 0 Å². The Morgan fingerprint density at radius 2 is 2.05 bits per heavy atom. The van der Waals surface area contributed by atoms with Gasteiger partial charge in [0.05, 0.1) is 12.2 Å². The van der Waals surface area contributed by atoms with Crippen LogP contribution >= 0.6 is 0 Å². The molecule has 0 bridgehead atoms. The minimum atomic E-state index is -0.618. The van der Waals surface area contributed by atoms with E-state index in [0.29, 0.717) is 12.3 Å². The van der Waals surface area contributed by atoms with E-state index < -0.39 is 5.97 Å². The number of amides is 1. The third-order valence-corrected chi connectivity index (χ3v) is 2.34. The van der Waals surface area contributed by atoms with Crippen molar-refractivity contribution in [3.8, 4) is 0 Å². The average molecular weight is 266 g/mol. The Labute approximate surface area is 111 Å². The highest BCUT2D eigenvalue weighted by atomic mass is 16.5. The predicted octanol–water partition coefficient (Wildman–Crippen LogP) is 0.577. The number of rotatable bonds is 6. The summed E-state index contributed by atoms with van der Waals surface area (Å²) in [6.45, 7) is 1.84. The molecule has 0 heterocycles. The number of nitrogens with two attached hydrogens (primary N) is 1. The molecule has 19 heavy (non-hydrogen) atoms. The molecule has 0 saturated heterocycles. The average Bonchev–Trinajstić information content (AvgIpc) is 2.36. The van der Waals surface area contributed by atoms with Crippen molar-refractivity contribution in [2.75, 3.05) is 26.1 Å². The highest BCUT2D eigenvalue weighted by Crippen LogP contribution is 2.11. The molecule has 0 spiro atoms. The maximum atomic E-state index is 11.7. The van der Waals surface area contributed by atoms with Gasteiger partial charge in [-0.2, -0.15) is 0 Å². The van der Waals surface area contributed by atoms with Crippen LogP contribution in [0.5, 0.6) is 0 Å². The lowest BCUT2D eigenvalue weighted by Crippen LogP contribution is -2.38. The zero-order chi connectivity index (χ0) is 14.3. The largest absolute Gasteiger partial charge is 0.452 e. The number of nitrogen functional groups attached to an aromatic ring is 1. The summed E-state index contributed by atoms with van der Waals surface area (Å²) in [5, 5.41) is 2.63. The second-order valence-corrected chi connectivity index (χ2v) is 4.09. The fourth-order valence-corrected chi connectivity index (χ4v) is 1.50. The van der Waals surface area contributed by atoms with E-state index in [9.17, 15) is 9.59 Å². The first kappa shape index (κ1) is 15.0. The summed E-state index contributed by atoms with van der Waals surface area (Å²) in [6, 6.07) is 6.39. The first-order valence-electron chi connectivity index (χ1n) is 5.84. The fourth-order valence-electron chi connectivity index (χ4n) is 1.50. The summed E-state index contributed by atoms with van der Waals surface area (Å²) in [5.41, 5.74) is 6.20. The number of benzene rings is 1. The van der Waals surface area contributed by atoms with Gasteiger partial charge in [0.25, 0.3) is 5.91 Å². The molecule has 0 aliphatic carbocycles. The number of methoxy groups -OCH3 is 1. The van der Waals surface area contributed by atoms with Gasteiger partial charge < -0.3 is 20.5 Å². The Hall–Kier alpha value is -2.08. The van der Waals surface area contributed by atoms with E-state index in [1.165, 1.54) is 0 Å². The molecule has 0 fully saturated rings. The molecule has 1 amide bonds. The minimum Gasteiger partial charge on any atom is -0.452 e. The maximum Gasteiger partial charge on any atom is 0.340 e. The summed E-state index contributed by atoms with van der Waals surface area (Å²) in [7, 11) is 1.54. The second-order valence-electron chi connectivity index (χ2n) is 4.09. The van der Waals surface area contributed by atoms with E-state index in [-0.39, 0.29) is 24.1 Å². The molecule has 1 atom stereocenters. The quantitative estimate of drug-likeness (QED) is 0.580. The third kappa shape index (κ3) is 4.97. The Kier molecular flexibility index (Phi) is 5.81. The summed E-state index contributed by atoms with van der Waals surface area (Å²) in [5.74, 6) is -1.000. The molecule has 0 aliphatic rings. The molecule has 3 N–H and O–H groups in total. The van der Waals surface area contributed by atoms with Crippen molar-refractivity contribution in [3.05, 3.63) is 29.8 Å². The number of anilines is 1. The van der Waals surface area contributed by atoms with Gasteiger partial charge in [-0.05, 0) is 19.1 Å². The third-order valence-electron chi connectivity index (χ3n) is 2.34. The SMILES string of the molecule is COCC(C)NC(=O)COC(=O)c1ccccc1N. The van der Waals surface area contributed by atoms with Crippen LogP contribution in [0.2, 0.25) is 0 Å². The molecule has 104 valence electrons. The predicted molar refractivity (Wildman–Crippen MR) is 70.6 cm³/mol. The molecule has 0 radical (unpaired) electrons. The lowest BCUT2D eigenvalue weighted by atomic mass is 10.2. The van der Waals surface area contributed by atoms with Gasteiger partial charge in [-0.3, -0.25) is 4.79 Å². The van der Waals surface area contributed by atoms with E-state index in [2.05, 4.69) is 5.32 Å². The lowest BCUT2D eigenvalue weighted by molar-refractivity contribution is -0.125. The minimum absolute atomic E-state index is 0.141. The van der Waals surface area contributed by atoms with Crippen LogP contribution < -0.4 is 11.1 Å². The van der Waals surface area contributed by atoms with E-state index in [1.807, 2.05) is 0 Å². The number of nitrogens with one attached hydrogen (secondary N) is 1. The number of carbonyl (C=O) groups is 2. The number of carbonyl (C=O) groups excluding carboxylic acids is 2. The monoisotopic (exact) mass is 266 g/mol. The summed E-state index contributed by atoms with van der Waals surface area (Å²) in [6.07, 6.45) is 0. The van der Waals surface area contributed by atoms with E-state index in [1.54, 1.807) is 38.3 Å². The van der Waals surface area contributed by atoms with Gasteiger partial charge in [0, 0.05) is 18.8 Å². The van der Waals surface area contributed by atoms with Crippen LogP contribution in [0.1, 0.15) is 17.3 Å². The normalized spacial score (nSPS) is 11.7. The standard InChI is InChI=1S/C13H18N2O4/c1-9(7-18-2)15-12(16)8-19-13(17)10-5-3-4-6-11(10)14/h3-6,9H,7-8,14H2,1-2H3,(H,15,16). The Morgan fingerprint density at radius 3 is 2.68 bits per heavy atom. The number of para-hydroxylation sites is 1. The van der Waals surface area contributed by atoms with Crippen molar-refractivity contribution >= 4 is 17.6 Å². The molecule has 0 saturated carbocycles. The summed E-state index contributed by atoms with van der Waals surface area (Å²) >= 11 is 0. The number of hydrogen-bond donors (Lipinski definition) is 2. The van der Waals surface area contributed by atoms with Crippen molar-refractivity contribution in [3.63, 3.8) is 0 Å². The summed E-state index contributed by atoms with van der Waals surface area (Å²) < 4.78 is 9.75. The molecule has 1 aromatic rings. The summed E-state index contributed by atoms with van der Waals surface area (Å²) in [4.78, 5) is 23.1. The van der Waals surface area contributed by atoms with Gasteiger partial charge in [0.1, 0.15) is 0 Å². The van der Waals surface area contributed by atoms with Crippen LogP contribution in [0.25, 0.3) is 0 Å². The molecule has 1 aromatic carbocycles. The maximum absolute atomic E-state index is 11.7. The molecular formula is C13H18N2O4. The van der Waals surface area contributed by atoms with E-state index in [4.69, 9.17) is 15.2 Å². The molecule has 6 nitrogen and oxygen atoms in total. The van der Waals surface area contributed by atoms with Crippen molar-refractivity contribution in [1.82, 2.24) is 5.32 Å². The van der Waals surface area contributed by atoms with Crippen LogP contribution in [0.4, 0.5) is 5.69 Å². The van der Waals surface area contributed by atoms with Gasteiger partial charge in [-0.25, -0.2) is 4.79 Å². The Bertz CT molecular complexity index is 448. The van der Waals surface area contributed by atoms with E-state index >= 15 is 0 Å². The topological polar surface area (TPSA) is 90.6 Å². The highest BCUT2D eigenvalue weighted by Gasteiger charge is 2.13. The van der Waals surface area contributed by atoms with Crippen molar-refractivity contribution in [2.24, 2.45) is 0 Å². The molecule has 0 aliphatic heterocycles. The second kappa shape index (κ2) is 7.38. The van der Waals surface area contributed by atoms with Gasteiger partial charge >= 0.3 is 5.97 Å².